The van der Waals surface area contributed by atoms with Crippen LogP contribution in [0.4, 0.5) is 5.69 Å². The molecule has 1 fully saturated rings. The van der Waals surface area contributed by atoms with Gasteiger partial charge in [-0.25, -0.2) is 4.79 Å². The van der Waals surface area contributed by atoms with E-state index in [1.807, 2.05) is 0 Å². The van der Waals surface area contributed by atoms with Crippen molar-refractivity contribution in [1.82, 2.24) is 9.88 Å². The zero-order chi connectivity index (χ0) is 20.9. The summed E-state index contributed by atoms with van der Waals surface area (Å²) in [5.41, 5.74) is 1.94. The molecule has 0 saturated carbocycles. The van der Waals surface area contributed by atoms with Gasteiger partial charge in [0.15, 0.2) is 5.58 Å². The summed E-state index contributed by atoms with van der Waals surface area (Å²) < 4.78 is 12.1. The minimum absolute atomic E-state index is 0.0406. The number of anilines is 1. The predicted octanol–water partition coefficient (Wildman–Crippen LogP) is 2.53. The molecule has 2 heterocycles. The van der Waals surface area contributed by atoms with E-state index < -0.39 is 5.76 Å². The third kappa shape index (κ3) is 4.44. The maximum absolute atomic E-state index is 12.6. The first-order valence-electron chi connectivity index (χ1n) is 9.99. The van der Waals surface area contributed by atoms with E-state index in [0.717, 1.165) is 19.4 Å². The zero-order valence-electron chi connectivity index (χ0n) is 16.4. The summed E-state index contributed by atoms with van der Waals surface area (Å²) in [6.07, 6.45) is 2.04. The Morgan fingerprint density at radius 2 is 1.90 bits per heavy atom. The Labute approximate surface area is 172 Å². The molecule has 2 aromatic carbocycles. The van der Waals surface area contributed by atoms with Crippen LogP contribution in [0, 0.1) is 0 Å². The van der Waals surface area contributed by atoms with Crippen molar-refractivity contribution in [3.63, 3.8) is 0 Å². The summed E-state index contributed by atoms with van der Waals surface area (Å²) in [6.45, 7) is 1.34. The summed E-state index contributed by atoms with van der Waals surface area (Å²) in [5, 5.41) is 5.64. The Hall–Kier alpha value is -3.39. The minimum atomic E-state index is -0.502. The lowest BCUT2D eigenvalue weighted by atomic mass is 10.1. The van der Waals surface area contributed by atoms with Gasteiger partial charge >= 0.3 is 5.76 Å². The molecule has 3 aromatic rings. The topological polar surface area (TPSA) is 103 Å². The van der Waals surface area contributed by atoms with Crippen molar-refractivity contribution in [2.24, 2.45) is 0 Å². The molecule has 1 aliphatic rings. The normalized spacial score (nSPS) is 15.9. The Kier molecular flexibility index (Phi) is 5.94. The van der Waals surface area contributed by atoms with Crippen molar-refractivity contribution in [2.75, 3.05) is 18.5 Å². The highest BCUT2D eigenvalue weighted by molar-refractivity contribution is 6.03. The van der Waals surface area contributed by atoms with Crippen molar-refractivity contribution in [2.45, 2.75) is 31.9 Å². The summed E-state index contributed by atoms with van der Waals surface area (Å²) in [5.74, 6) is -1.07. The minimum Gasteiger partial charge on any atom is -0.408 e. The number of hydrogen-bond donors (Lipinski definition) is 2. The van der Waals surface area contributed by atoms with E-state index in [-0.39, 0.29) is 30.9 Å². The molecule has 0 aliphatic carbocycles. The van der Waals surface area contributed by atoms with Crippen LogP contribution >= 0.6 is 0 Å². The van der Waals surface area contributed by atoms with Crippen LogP contribution in [-0.2, 0) is 16.1 Å². The van der Waals surface area contributed by atoms with Gasteiger partial charge in [-0.05, 0) is 37.1 Å². The van der Waals surface area contributed by atoms with Crippen LogP contribution in [0.2, 0.25) is 0 Å². The molecule has 30 heavy (non-hydrogen) atoms. The van der Waals surface area contributed by atoms with Crippen LogP contribution in [-0.4, -0.2) is 35.6 Å². The first-order valence-corrected chi connectivity index (χ1v) is 9.99. The maximum atomic E-state index is 12.6. The first-order chi connectivity index (χ1) is 14.6. The quantitative estimate of drug-likeness (QED) is 0.624. The van der Waals surface area contributed by atoms with Crippen molar-refractivity contribution in [3.8, 4) is 0 Å². The fourth-order valence-electron chi connectivity index (χ4n) is 3.55. The Morgan fingerprint density at radius 1 is 1.10 bits per heavy atom. The summed E-state index contributed by atoms with van der Waals surface area (Å²) in [7, 11) is 0. The monoisotopic (exact) mass is 409 g/mol. The molecule has 0 spiro atoms. The van der Waals surface area contributed by atoms with E-state index in [2.05, 4.69) is 10.6 Å². The standard InChI is InChI=1S/C22H23N3O5/c26-20(11-12-25-18-9-3-4-10-19(18)30-22(25)28)24-17-8-2-1-7-16(17)21(27)23-14-15-6-5-13-29-15/h1-4,7-10,15H,5-6,11-14H2,(H,23,27)(H,24,26). The van der Waals surface area contributed by atoms with Gasteiger partial charge in [0, 0.05) is 26.1 Å². The van der Waals surface area contributed by atoms with E-state index in [4.69, 9.17) is 9.15 Å². The van der Waals surface area contributed by atoms with Crippen molar-refractivity contribution in [1.29, 1.82) is 0 Å². The lowest BCUT2D eigenvalue weighted by molar-refractivity contribution is -0.116. The number of fused-ring (bicyclic) bond motifs is 1. The lowest BCUT2D eigenvalue weighted by Gasteiger charge is -2.14. The third-order valence-corrected chi connectivity index (χ3v) is 5.10. The van der Waals surface area contributed by atoms with Gasteiger partial charge in [-0.3, -0.25) is 14.2 Å². The predicted molar refractivity (Wildman–Crippen MR) is 111 cm³/mol. The molecular formula is C22H23N3O5. The van der Waals surface area contributed by atoms with E-state index in [9.17, 15) is 14.4 Å². The third-order valence-electron chi connectivity index (χ3n) is 5.10. The molecule has 1 aromatic heterocycles. The molecule has 156 valence electrons. The fraction of sp³-hybridized carbons (Fsp3) is 0.318. The molecule has 0 radical (unpaired) electrons. The number of ether oxygens (including phenoxy) is 1. The molecular weight excluding hydrogens is 386 g/mol. The van der Waals surface area contributed by atoms with Gasteiger partial charge in [0.05, 0.1) is 22.9 Å². The van der Waals surface area contributed by atoms with Gasteiger partial charge in [0.25, 0.3) is 5.91 Å². The highest BCUT2D eigenvalue weighted by Crippen LogP contribution is 2.17. The van der Waals surface area contributed by atoms with Gasteiger partial charge < -0.3 is 19.8 Å². The number of nitrogens with one attached hydrogen (secondary N) is 2. The summed E-state index contributed by atoms with van der Waals surface area (Å²) in [4.78, 5) is 37.1. The van der Waals surface area contributed by atoms with Crippen LogP contribution in [0.1, 0.15) is 29.6 Å². The second-order valence-electron chi connectivity index (χ2n) is 7.18. The Bertz CT molecular complexity index is 1110. The number of nitrogens with zero attached hydrogens (tertiary/aromatic N) is 1. The van der Waals surface area contributed by atoms with Crippen LogP contribution in [0.5, 0.6) is 0 Å². The summed E-state index contributed by atoms with van der Waals surface area (Å²) in [6, 6.07) is 13.9. The Balaban J connectivity index is 1.39. The number of carbonyl (C=O) groups excluding carboxylic acids is 2. The Morgan fingerprint density at radius 3 is 2.73 bits per heavy atom. The molecule has 2 amide bonds. The molecule has 8 nitrogen and oxygen atoms in total. The van der Waals surface area contributed by atoms with E-state index in [0.29, 0.717) is 28.9 Å². The summed E-state index contributed by atoms with van der Waals surface area (Å²) >= 11 is 0. The van der Waals surface area contributed by atoms with Gasteiger partial charge in [-0.2, -0.15) is 0 Å². The fourth-order valence-corrected chi connectivity index (χ4v) is 3.55. The number of rotatable bonds is 7. The molecule has 1 unspecified atom stereocenters. The number of aromatic nitrogens is 1. The largest absolute Gasteiger partial charge is 0.419 e. The second-order valence-corrected chi connectivity index (χ2v) is 7.18. The number of carbonyl (C=O) groups is 2. The van der Waals surface area contributed by atoms with E-state index >= 15 is 0 Å². The number of amides is 2. The molecule has 1 saturated heterocycles. The highest BCUT2D eigenvalue weighted by Gasteiger charge is 2.18. The average molecular weight is 409 g/mol. The van der Waals surface area contributed by atoms with Crippen LogP contribution < -0.4 is 16.4 Å². The van der Waals surface area contributed by atoms with E-state index in [1.54, 1.807) is 48.5 Å². The second kappa shape index (κ2) is 8.96. The van der Waals surface area contributed by atoms with Gasteiger partial charge in [-0.15, -0.1) is 0 Å². The van der Waals surface area contributed by atoms with Gasteiger partial charge in [0.1, 0.15) is 0 Å². The number of hydrogen-bond acceptors (Lipinski definition) is 5. The molecule has 0 bridgehead atoms. The SMILES string of the molecule is O=C(CCn1c(=O)oc2ccccc21)Nc1ccccc1C(=O)NCC1CCCO1. The number of oxazole rings is 1. The molecule has 8 heteroatoms. The van der Waals surface area contributed by atoms with Gasteiger partial charge in [-0.1, -0.05) is 24.3 Å². The number of benzene rings is 2. The van der Waals surface area contributed by atoms with Gasteiger partial charge in [0.2, 0.25) is 5.91 Å². The number of aryl methyl sites for hydroxylation is 1. The van der Waals surface area contributed by atoms with Crippen LogP contribution in [0.15, 0.2) is 57.7 Å². The van der Waals surface area contributed by atoms with Crippen molar-refractivity contribution >= 4 is 28.6 Å². The van der Waals surface area contributed by atoms with Crippen molar-refractivity contribution in [3.05, 3.63) is 64.6 Å². The van der Waals surface area contributed by atoms with Crippen LogP contribution in [0.3, 0.4) is 0 Å². The molecule has 2 N–H and O–H groups in total. The average Bonchev–Trinajstić information content (AvgIpc) is 3.38. The molecule has 1 aliphatic heterocycles. The lowest BCUT2D eigenvalue weighted by Crippen LogP contribution is -2.32. The smallest absolute Gasteiger partial charge is 0.408 e. The maximum Gasteiger partial charge on any atom is 0.419 e. The zero-order valence-corrected chi connectivity index (χ0v) is 16.4. The van der Waals surface area contributed by atoms with E-state index in [1.165, 1.54) is 4.57 Å². The molecule has 1 atom stereocenters. The number of para-hydroxylation sites is 3. The first kappa shape index (κ1) is 19.9. The van der Waals surface area contributed by atoms with Crippen LogP contribution in [0.25, 0.3) is 11.1 Å². The highest BCUT2D eigenvalue weighted by atomic mass is 16.5. The van der Waals surface area contributed by atoms with Crippen molar-refractivity contribution < 1.29 is 18.7 Å². The molecule has 4 rings (SSSR count).